The predicted octanol–water partition coefficient (Wildman–Crippen LogP) is 8.01. The van der Waals surface area contributed by atoms with Crippen LogP contribution in [0.3, 0.4) is 0 Å². The first kappa shape index (κ1) is 34.3. The summed E-state index contributed by atoms with van der Waals surface area (Å²) in [4.78, 5) is 21.2. The highest BCUT2D eigenvalue weighted by atomic mass is 32.2. The number of fused-ring (bicyclic) bond motifs is 10. The molecule has 47 heavy (non-hydrogen) atoms. The zero-order chi connectivity index (χ0) is 34.9. The number of halogens is 10. The zero-order valence-corrected chi connectivity index (χ0v) is 24.8. The van der Waals surface area contributed by atoms with E-state index < -0.39 is 106 Å². The number of sulfone groups is 1. The lowest BCUT2D eigenvalue weighted by molar-refractivity contribution is -0.440. The molecule has 0 atom stereocenters. The molecule has 2 aromatic heterocycles. The smallest absolute Gasteiger partial charge is 0.288 e. The van der Waals surface area contributed by atoms with Crippen molar-refractivity contribution in [2.75, 3.05) is 0 Å². The van der Waals surface area contributed by atoms with Gasteiger partial charge in [0.25, 0.3) is 9.84 Å². The van der Waals surface area contributed by atoms with E-state index in [2.05, 4.69) is 19.2 Å². The molecule has 0 unspecified atom stereocenters. The summed E-state index contributed by atoms with van der Waals surface area (Å²) < 4.78 is 170. The minimum absolute atomic E-state index is 0.0303. The maximum atomic E-state index is 15.8. The molecule has 0 amide bonds. The number of carbonyl (C=O) groups excluding carboxylic acids is 1. The highest BCUT2D eigenvalue weighted by molar-refractivity contribution is 7.94. The molecule has 1 aliphatic heterocycles. The Morgan fingerprint density at radius 3 is 1.66 bits per heavy atom. The number of ketones is 1. The van der Waals surface area contributed by atoms with Crippen LogP contribution in [0.5, 0.6) is 0 Å². The standard InChI is InChI=1S/C28H14F10N2O5S2/c1-26(2)17-7-3-5-15(39-17)11-9-13(20(30)24(19(11)29)46-45-44-27(33,34)35)23(41)14-10-12(16-6-4-8-18(26)40-16)21(31)25(22(14)32)47(42,43)28(36,37)38/h3-10H,1-2H3. The second-order valence-electron chi connectivity index (χ2n) is 10.3. The maximum Gasteiger partial charge on any atom is 0.550 e. The Morgan fingerprint density at radius 1 is 0.723 bits per heavy atom. The number of nitrogens with zero attached hydrogens (tertiary/aromatic N) is 2. The number of benzene rings is 2. The number of aromatic nitrogens is 2. The topological polar surface area (TPSA) is 95.5 Å². The molecule has 4 aromatic rings. The maximum absolute atomic E-state index is 15.8. The van der Waals surface area contributed by atoms with Crippen LogP contribution in [-0.2, 0) is 24.5 Å². The Kier molecular flexibility index (Phi) is 8.43. The van der Waals surface area contributed by atoms with E-state index >= 15 is 17.6 Å². The highest BCUT2D eigenvalue weighted by Gasteiger charge is 2.51. The predicted molar refractivity (Wildman–Crippen MR) is 142 cm³/mol. The summed E-state index contributed by atoms with van der Waals surface area (Å²) in [5.41, 5.74) is -13.4. The van der Waals surface area contributed by atoms with Gasteiger partial charge in [0.15, 0.2) is 29.1 Å². The van der Waals surface area contributed by atoms with E-state index in [0.29, 0.717) is 6.07 Å². The monoisotopic (exact) mass is 712 g/mol. The van der Waals surface area contributed by atoms with Gasteiger partial charge in [-0.3, -0.25) is 14.8 Å². The van der Waals surface area contributed by atoms with Crippen molar-refractivity contribution in [1.82, 2.24) is 9.97 Å². The fraction of sp³-hybridized carbons (Fsp3) is 0.179. The first-order valence-corrected chi connectivity index (χ1v) is 14.8. The van der Waals surface area contributed by atoms with Crippen LogP contribution in [0.25, 0.3) is 22.5 Å². The van der Waals surface area contributed by atoms with E-state index in [1.165, 1.54) is 38.1 Å². The summed E-state index contributed by atoms with van der Waals surface area (Å²) in [5, 5.41) is 0. The molecule has 0 aliphatic carbocycles. The van der Waals surface area contributed by atoms with Gasteiger partial charge >= 0.3 is 11.9 Å². The lowest BCUT2D eigenvalue weighted by Crippen LogP contribution is -2.27. The van der Waals surface area contributed by atoms with Crippen LogP contribution < -0.4 is 0 Å². The van der Waals surface area contributed by atoms with Gasteiger partial charge < -0.3 is 0 Å². The molecule has 0 spiro atoms. The molecule has 0 radical (unpaired) electrons. The quantitative estimate of drug-likeness (QED) is 0.0910. The molecule has 0 saturated carbocycles. The van der Waals surface area contributed by atoms with Crippen molar-refractivity contribution >= 4 is 27.7 Å². The van der Waals surface area contributed by atoms with E-state index in [-0.39, 0.29) is 23.1 Å². The minimum Gasteiger partial charge on any atom is -0.288 e. The molecule has 1 aliphatic rings. The Labute approximate surface area is 261 Å². The average molecular weight is 713 g/mol. The van der Waals surface area contributed by atoms with Gasteiger partial charge in [-0.2, -0.15) is 13.2 Å². The van der Waals surface area contributed by atoms with Crippen molar-refractivity contribution in [3.05, 3.63) is 94.3 Å². The molecule has 2 aromatic carbocycles. The van der Waals surface area contributed by atoms with Gasteiger partial charge in [-0.15, -0.1) is 22.4 Å². The first-order chi connectivity index (χ1) is 21.7. The molecule has 0 saturated heterocycles. The molecule has 0 N–H and O–H groups in total. The summed E-state index contributed by atoms with van der Waals surface area (Å²) >= 11 is -0.712. The molecule has 3 heterocycles. The molecule has 5 rings (SSSR count). The van der Waals surface area contributed by atoms with E-state index in [9.17, 15) is 39.6 Å². The highest BCUT2D eigenvalue weighted by Crippen LogP contribution is 2.42. The normalized spacial score (nSPS) is 14.6. The third-order valence-corrected chi connectivity index (χ3v) is 9.13. The van der Waals surface area contributed by atoms with E-state index in [4.69, 9.17) is 0 Å². The van der Waals surface area contributed by atoms with Crippen LogP contribution in [0.15, 0.2) is 58.3 Å². The zero-order valence-electron chi connectivity index (χ0n) is 23.2. The summed E-state index contributed by atoms with van der Waals surface area (Å²) in [6, 6.07) is 8.22. The molecule has 7 nitrogen and oxygen atoms in total. The van der Waals surface area contributed by atoms with Crippen LogP contribution in [0.2, 0.25) is 0 Å². The van der Waals surface area contributed by atoms with Crippen LogP contribution >= 0.6 is 12.0 Å². The van der Waals surface area contributed by atoms with Crippen LogP contribution in [0.1, 0.15) is 41.2 Å². The summed E-state index contributed by atoms with van der Waals surface area (Å²) in [6.07, 6.45) is -5.47. The Morgan fingerprint density at radius 2 is 1.17 bits per heavy atom. The molecular weight excluding hydrogens is 698 g/mol. The van der Waals surface area contributed by atoms with Crippen molar-refractivity contribution in [2.45, 2.75) is 40.9 Å². The third kappa shape index (κ3) is 5.96. The second-order valence-corrected chi connectivity index (χ2v) is 12.8. The van der Waals surface area contributed by atoms with E-state index in [1.54, 1.807) is 0 Å². The van der Waals surface area contributed by atoms with Crippen molar-refractivity contribution in [1.29, 1.82) is 0 Å². The number of hydrogen-bond acceptors (Lipinski definition) is 8. The number of carbonyl (C=O) groups is 1. The molecule has 248 valence electrons. The summed E-state index contributed by atoms with van der Waals surface area (Å²) in [5.74, 6) is -10.5. The molecule has 19 heteroatoms. The Balaban J connectivity index is 1.93. The Hall–Kier alpha value is -4.07. The van der Waals surface area contributed by atoms with Gasteiger partial charge in [-0.25, -0.2) is 26.0 Å². The van der Waals surface area contributed by atoms with Crippen molar-refractivity contribution < 1.29 is 66.3 Å². The van der Waals surface area contributed by atoms with E-state index in [1.807, 2.05) is 0 Å². The number of alkyl halides is 6. The summed E-state index contributed by atoms with van der Waals surface area (Å²) in [7, 11) is -6.88. The molecular formula is C28H14F10N2O5S2. The van der Waals surface area contributed by atoms with Crippen LogP contribution in [-0.4, -0.2) is 36.0 Å². The summed E-state index contributed by atoms with van der Waals surface area (Å²) in [6.45, 7) is 3.03. The average Bonchev–Trinajstić information content (AvgIpc) is 2.97. The largest absolute Gasteiger partial charge is 0.550 e. The van der Waals surface area contributed by atoms with Crippen molar-refractivity contribution in [2.24, 2.45) is 0 Å². The minimum atomic E-state index is -6.88. The van der Waals surface area contributed by atoms with Crippen LogP contribution in [0.4, 0.5) is 43.9 Å². The van der Waals surface area contributed by atoms with Gasteiger partial charge in [0.1, 0.15) is 9.79 Å². The van der Waals surface area contributed by atoms with Crippen molar-refractivity contribution in [3.8, 4) is 22.5 Å². The first-order valence-electron chi connectivity index (χ1n) is 12.6. The van der Waals surface area contributed by atoms with Gasteiger partial charge in [0.05, 0.1) is 45.9 Å². The second kappa shape index (κ2) is 11.6. The van der Waals surface area contributed by atoms with Gasteiger partial charge in [0, 0.05) is 16.5 Å². The molecule has 8 bridgehead atoms. The van der Waals surface area contributed by atoms with Crippen LogP contribution in [0, 0.1) is 23.3 Å². The third-order valence-electron chi connectivity index (χ3n) is 6.96. The molecule has 0 fully saturated rings. The number of rotatable bonds is 4. The number of pyridine rings is 2. The number of hydrogen-bond donors (Lipinski definition) is 0. The van der Waals surface area contributed by atoms with Gasteiger partial charge in [0.2, 0.25) is 0 Å². The fourth-order valence-electron chi connectivity index (χ4n) is 4.58. The fourth-order valence-corrected chi connectivity index (χ4v) is 6.05. The lowest BCUT2D eigenvalue weighted by Gasteiger charge is -2.25. The lowest BCUT2D eigenvalue weighted by atomic mass is 9.84. The van der Waals surface area contributed by atoms with Gasteiger partial charge in [-0.1, -0.05) is 12.1 Å². The van der Waals surface area contributed by atoms with Gasteiger partial charge in [-0.05, 0) is 50.2 Å². The van der Waals surface area contributed by atoms with Crippen molar-refractivity contribution in [3.63, 3.8) is 0 Å². The van der Waals surface area contributed by atoms with E-state index in [0.717, 1.165) is 12.1 Å². The SMILES string of the molecule is CC1(C)c2cccc(n2)-c2cc(c(F)c(SOOC(F)(F)F)c2F)C(=O)c2cc(c(F)c(S(=O)(=O)C(F)(F)F)c2F)-c2cccc1n2. The Bertz CT molecular complexity index is 2070.